The van der Waals surface area contributed by atoms with Crippen molar-refractivity contribution in [1.82, 2.24) is 15.2 Å². The maximum absolute atomic E-state index is 12.7. The van der Waals surface area contributed by atoms with Crippen LogP contribution in [0.15, 0.2) is 26.6 Å². The monoisotopic (exact) mass is 458 g/mol. The maximum Gasteiger partial charge on any atom is 0.353 e. The molecule has 2 atom stereocenters. The van der Waals surface area contributed by atoms with Crippen molar-refractivity contribution in [2.24, 2.45) is 5.16 Å². The average Bonchev–Trinajstić information content (AvgIpc) is 3.21. The van der Waals surface area contributed by atoms with Crippen LogP contribution < -0.4 is 5.32 Å². The van der Waals surface area contributed by atoms with Crippen molar-refractivity contribution < 1.29 is 34.2 Å². The van der Waals surface area contributed by atoms with Gasteiger partial charge in [0.25, 0.3) is 11.8 Å². The van der Waals surface area contributed by atoms with Gasteiger partial charge in [0.1, 0.15) is 22.8 Å². The van der Waals surface area contributed by atoms with E-state index in [4.69, 9.17) is 5.11 Å². The summed E-state index contributed by atoms with van der Waals surface area (Å²) >= 11 is 3.79. The molecule has 11 nitrogen and oxygen atoms in total. The fraction of sp³-hybridized carbons (Fsp3) is 0.333. The molecule has 3 heterocycles. The molecule has 1 unspecified atom stereocenters. The molecule has 14 heteroatoms. The minimum atomic E-state index is -1.27. The van der Waals surface area contributed by atoms with Gasteiger partial charge in [-0.05, 0) is 6.26 Å². The molecule has 0 aliphatic carbocycles. The number of amides is 2. The molecule has 1 fully saturated rings. The second-order valence-electron chi connectivity index (χ2n) is 5.62. The molecule has 2 aliphatic heterocycles. The third kappa shape index (κ3) is 4.23. The number of carboxylic acids is 2. The van der Waals surface area contributed by atoms with Crippen LogP contribution in [-0.4, -0.2) is 79.6 Å². The molecule has 0 spiro atoms. The maximum atomic E-state index is 12.7. The van der Waals surface area contributed by atoms with Crippen LogP contribution in [0, 0.1) is 0 Å². The number of carboxylic acid groups (broad SMARTS) is 2. The van der Waals surface area contributed by atoms with E-state index in [0.717, 1.165) is 4.90 Å². The van der Waals surface area contributed by atoms with Gasteiger partial charge in [-0.1, -0.05) is 5.16 Å². The van der Waals surface area contributed by atoms with E-state index in [1.165, 1.54) is 45.8 Å². The number of nitrogens with zero attached hydrogens (tertiary/aromatic N) is 3. The summed E-state index contributed by atoms with van der Waals surface area (Å²) < 4.78 is 0. The van der Waals surface area contributed by atoms with Crippen molar-refractivity contribution in [2.45, 2.75) is 11.4 Å². The van der Waals surface area contributed by atoms with E-state index in [1.54, 1.807) is 6.26 Å². The lowest BCUT2D eigenvalue weighted by Crippen LogP contribution is -2.71. The summed E-state index contributed by atoms with van der Waals surface area (Å²) in [5.74, 6) is -3.41. The molecule has 1 saturated heterocycles. The standard InChI is InChI=1S/C15H14N4O7S3/c1-27-7-4-29-14-10(13(23)19(14)11(7)15(24)25)17-12(22)9(6-3-28-5-16-6)18-26-2-8(20)21/h3,5,10,14H,2,4H2,1H3,(H,17,22)(H,20,21)(H,24,25)/t10?,14-/m0/s1. The molecule has 3 rings (SSSR count). The second-order valence-corrected chi connectivity index (χ2v) is 8.35. The van der Waals surface area contributed by atoms with Crippen LogP contribution in [-0.2, 0) is 24.0 Å². The van der Waals surface area contributed by atoms with Gasteiger partial charge in [0, 0.05) is 16.0 Å². The summed E-state index contributed by atoms with van der Waals surface area (Å²) in [5.41, 5.74) is 1.26. The lowest BCUT2D eigenvalue weighted by atomic mass is 10.0. The van der Waals surface area contributed by atoms with Gasteiger partial charge in [0.05, 0.1) is 5.51 Å². The Bertz CT molecular complexity index is 915. The number of aromatic nitrogens is 1. The Morgan fingerprint density at radius 2 is 2.21 bits per heavy atom. The van der Waals surface area contributed by atoms with Crippen LogP contribution >= 0.6 is 34.9 Å². The van der Waals surface area contributed by atoms with Crippen LogP contribution in [0.2, 0.25) is 0 Å². The average molecular weight is 458 g/mol. The number of carbonyl (C=O) groups excluding carboxylic acids is 2. The molecule has 0 saturated carbocycles. The Labute approximate surface area is 176 Å². The Kier molecular flexibility index (Phi) is 6.44. The van der Waals surface area contributed by atoms with Crippen LogP contribution in [0.5, 0.6) is 0 Å². The Morgan fingerprint density at radius 1 is 1.45 bits per heavy atom. The zero-order chi connectivity index (χ0) is 21.1. The first-order chi connectivity index (χ1) is 13.8. The van der Waals surface area contributed by atoms with Crippen LogP contribution in [0.3, 0.4) is 0 Å². The number of aliphatic carboxylic acids is 2. The highest BCUT2D eigenvalue weighted by Gasteiger charge is 2.54. The molecule has 0 bridgehead atoms. The van der Waals surface area contributed by atoms with E-state index in [2.05, 4.69) is 20.3 Å². The van der Waals surface area contributed by atoms with E-state index in [9.17, 15) is 24.3 Å². The zero-order valence-corrected chi connectivity index (χ0v) is 17.2. The number of rotatable bonds is 8. The molecule has 154 valence electrons. The fourth-order valence-corrected chi connectivity index (χ4v) is 5.43. The number of hydrogen-bond acceptors (Lipinski definition) is 10. The number of nitrogens with one attached hydrogen (secondary N) is 1. The fourth-order valence-electron chi connectivity index (χ4n) is 2.64. The first kappa shape index (κ1) is 21.1. The third-order valence-electron chi connectivity index (χ3n) is 3.90. The SMILES string of the molecule is CSC1=C(C(=O)O)N2C(=O)C(NC(=O)C(=NOCC(=O)O)c3cscn3)[C@@H]2SC1. The topological polar surface area (TPSA) is 158 Å². The van der Waals surface area contributed by atoms with Gasteiger partial charge >= 0.3 is 11.9 Å². The van der Waals surface area contributed by atoms with E-state index >= 15 is 0 Å². The summed E-state index contributed by atoms with van der Waals surface area (Å²) in [6, 6.07) is -0.950. The van der Waals surface area contributed by atoms with Gasteiger partial charge < -0.3 is 20.4 Å². The number of carbonyl (C=O) groups is 4. The van der Waals surface area contributed by atoms with Crippen LogP contribution in [0.4, 0.5) is 0 Å². The normalized spacial score (nSPS) is 21.3. The van der Waals surface area contributed by atoms with E-state index in [1.807, 2.05) is 0 Å². The van der Waals surface area contributed by atoms with Crippen LogP contribution in [0.25, 0.3) is 0 Å². The summed E-state index contributed by atoms with van der Waals surface area (Å²) in [5, 5.41) is 25.1. The van der Waals surface area contributed by atoms with Crippen molar-refractivity contribution >= 4 is 64.3 Å². The predicted octanol–water partition coefficient (Wildman–Crippen LogP) is 0.00750. The number of oxime groups is 1. The number of β-lactam (4-membered cyclic amide) rings is 1. The summed E-state index contributed by atoms with van der Waals surface area (Å²) in [6.45, 7) is -0.750. The molecule has 29 heavy (non-hydrogen) atoms. The van der Waals surface area contributed by atoms with Gasteiger partial charge in [-0.2, -0.15) is 0 Å². The predicted molar refractivity (Wildman–Crippen MR) is 105 cm³/mol. The van der Waals surface area contributed by atoms with E-state index in [0.29, 0.717) is 10.7 Å². The van der Waals surface area contributed by atoms with Crippen molar-refractivity contribution in [3.05, 3.63) is 27.2 Å². The quantitative estimate of drug-likeness (QED) is 0.275. The van der Waals surface area contributed by atoms with Crippen LogP contribution in [0.1, 0.15) is 5.69 Å². The Hall–Kier alpha value is -2.58. The molecule has 2 aliphatic rings. The molecular weight excluding hydrogens is 444 g/mol. The van der Waals surface area contributed by atoms with Gasteiger partial charge in [-0.15, -0.1) is 34.9 Å². The molecule has 1 aromatic rings. The molecule has 3 N–H and O–H groups in total. The van der Waals surface area contributed by atoms with Crippen molar-refractivity contribution in [1.29, 1.82) is 0 Å². The van der Waals surface area contributed by atoms with Gasteiger partial charge in [0.15, 0.2) is 5.71 Å². The molecule has 0 radical (unpaired) electrons. The van der Waals surface area contributed by atoms with Gasteiger partial charge in [-0.3, -0.25) is 14.5 Å². The largest absolute Gasteiger partial charge is 0.479 e. The molecule has 0 aromatic carbocycles. The first-order valence-electron chi connectivity index (χ1n) is 7.91. The minimum absolute atomic E-state index is 0.0741. The lowest BCUT2D eigenvalue weighted by Gasteiger charge is -2.49. The number of fused-ring (bicyclic) bond motifs is 1. The highest BCUT2D eigenvalue weighted by molar-refractivity contribution is 8.05. The van der Waals surface area contributed by atoms with Crippen molar-refractivity contribution in [2.75, 3.05) is 18.6 Å². The first-order valence-corrected chi connectivity index (χ1v) is 11.1. The van der Waals surface area contributed by atoms with E-state index < -0.39 is 41.8 Å². The van der Waals surface area contributed by atoms with E-state index in [-0.39, 0.29) is 17.1 Å². The minimum Gasteiger partial charge on any atom is -0.479 e. The number of hydrogen-bond donors (Lipinski definition) is 3. The van der Waals surface area contributed by atoms with Crippen molar-refractivity contribution in [3.8, 4) is 0 Å². The number of thioether (sulfide) groups is 2. The molecular formula is C15H14N4O7S3. The second kappa shape index (κ2) is 8.84. The summed E-state index contributed by atoms with van der Waals surface area (Å²) in [7, 11) is 0. The smallest absolute Gasteiger partial charge is 0.353 e. The van der Waals surface area contributed by atoms with Crippen molar-refractivity contribution in [3.63, 3.8) is 0 Å². The molecule has 2 amide bonds. The number of thiazole rings is 1. The lowest BCUT2D eigenvalue weighted by molar-refractivity contribution is -0.150. The third-order valence-corrected chi connectivity index (χ3v) is 6.78. The van der Waals surface area contributed by atoms with Gasteiger partial charge in [-0.25, -0.2) is 14.6 Å². The highest BCUT2D eigenvalue weighted by atomic mass is 32.2. The Balaban J connectivity index is 1.77. The molecule has 1 aromatic heterocycles. The summed E-state index contributed by atoms with van der Waals surface area (Å²) in [6.07, 6.45) is 1.73. The van der Waals surface area contributed by atoms with Gasteiger partial charge in [0.2, 0.25) is 6.61 Å². The summed E-state index contributed by atoms with van der Waals surface area (Å²) in [4.78, 5) is 57.7. The zero-order valence-electron chi connectivity index (χ0n) is 14.7. The Morgan fingerprint density at radius 3 is 2.79 bits per heavy atom. The highest BCUT2D eigenvalue weighted by Crippen LogP contribution is 2.42.